The van der Waals surface area contributed by atoms with Crippen molar-refractivity contribution in [3.05, 3.63) is 33.1 Å². The summed E-state index contributed by atoms with van der Waals surface area (Å²) in [5.41, 5.74) is -1.49. The predicted octanol–water partition coefficient (Wildman–Crippen LogP) is -6.81. The van der Waals surface area contributed by atoms with Crippen molar-refractivity contribution in [1.29, 1.82) is 0 Å². The van der Waals surface area contributed by atoms with Crippen LogP contribution in [0, 0.1) is 0 Å². The summed E-state index contributed by atoms with van der Waals surface area (Å²) < 4.78 is 6.37. The average Bonchev–Trinajstić information content (AvgIpc) is 3.27. The first kappa shape index (κ1) is 26.9. The van der Waals surface area contributed by atoms with Crippen molar-refractivity contribution in [1.82, 2.24) is 25.5 Å². The van der Waals surface area contributed by atoms with Crippen LogP contribution >= 0.6 is 0 Å². The van der Waals surface area contributed by atoms with E-state index in [-0.39, 0.29) is 19.5 Å². The van der Waals surface area contributed by atoms with Crippen LogP contribution in [0.2, 0.25) is 0 Å². The lowest BCUT2D eigenvalue weighted by molar-refractivity contribution is -0.126. The molecule has 2 aliphatic heterocycles. The van der Waals surface area contributed by atoms with Crippen LogP contribution in [0.5, 0.6) is 0 Å². The number of H-pyrrole nitrogens is 1. The minimum Gasteiger partial charge on any atom is -0.394 e. The first-order valence-corrected chi connectivity index (χ1v) is 10.8. The van der Waals surface area contributed by atoms with Crippen LogP contribution in [-0.2, 0) is 14.3 Å². The molecule has 2 saturated heterocycles. The summed E-state index contributed by atoms with van der Waals surface area (Å²) >= 11 is 0. The Morgan fingerprint density at radius 3 is 2.46 bits per heavy atom. The number of aliphatic hydroxyl groups excluding tert-OH is 6. The molecule has 0 unspecified atom stereocenters. The molecular formula is C19H29N5O11. The van der Waals surface area contributed by atoms with E-state index < -0.39 is 84.6 Å². The molecule has 0 saturated carbocycles. The van der Waals surface area contributed by atoms with Gasteiger partial charge in [0.25, 0.3) is 5.56 Å². The van der Waals surface area contributed by atoms with Crippen molar-refractivity contribution in [2.45, 2.75) is 61.4 Å². The van der Waals surface area contributed by atoms with Crippen LogP contribution in [0.3, 0.4) is 0 Å². The second-order valence-corrected chi connectivity index (χ2v) is 8.31. The Morgan fingerprint density at radius 1 is 1.09 bits per heavy atom. The van der Waals surface area contributed by atoms with Crippen LogP contribution in [-0.4, -0.2) is 120 Å². The zero-order chi connectivity index (χ0) is 25.9. The Kier molecular flexibility index (Phi) is 8.73. The highest BCUT2D eigenvalue weighted by molar-refractivity contribution is 5.84. The molecule has 2 amide bonds. The van der Waals surface area contributed by atoms with Crippen molar-refractivity contribution in [2.75, 3.05) is 19.7 Å². The molecule has 16 heteroatoms. The number of hydrogen-bond donors (Lipinski definition) is 10. The summed E-state index contributed by atoms with van der Waals surface area (Å²) in [6, 6.07) is -1.34. The molecule has 0 aromatic carbocycles. The maximum absolute atomic E-state index is 12.3. The fourth-order valence-electron chi connectivity index (χ4n) is 3.96. The van der Waals surface area contributed by atoms with Gasteiger partial charge >= 0.3 is 5.69 Å². The SMILES string of the molecule is O=C(CCNC(=O)[C@H]1N[C@@H]([C@H](O)CO)[C@H](O)[C@H]1O)NC[C@H]1O[C@@H](n2ccc(=O)[nH]c2=O)[C@H](O)[C@@H]1O. The number of aromatic amines is 1. The van der Waals surface area contributed by atoms with E-state index in [2.05, 4.69) is 16.0 Å². The Balaban J connectivity index is 1.44. The third-order valence-electron chi connectivity index (χ3n) is 5.93. The van der Waals surface area contributed by atoms with Crippen LogP contribution < -0.4 is 27.2 Å². The predicted molar refractivity (Wildman–Crippen MR) is 114 cm³/mol. The van der Waals surface area contributed by atoms with Gasteiger partial charge in [-0.15, -0.1) is 0 Å². The first-order chi connectivity index (χ1) is 16.5. The Morgan fingerprint density at radius 2 is 1.80 bits per heavy atom. The quantitative estimate of drug-likeness (QED) is 0.151. The van der Waals surface area contributed by atoms with Crippen molar-refractivity contribution in [3.63, 3.8) is 0 Å². The number of carbonyl (C=O) groups excluding carboxylic acids is 2. The number of ether oxygens (including phenoxy) is 1. The number of rotatable bonds is 9. The number of carbonyl (C=O) groups is 2. The standard InChI is InChI=1S/C19H29N5O11/c25-6-7(26)11-14(30)15(31)12(23-11)17(33)20-3-1-9(27)21-5-8-13(29)16(32)18(35-8)24-4-2-10(28)22-19(24)34/h2,4,7-8,11-16,18,23,25-26,29-32H,1,3,5-6H2,(H,20,33)(H,21,27)(H,22,28,34)/t7-,8-,11+,12+,13-,14+,15+,16-,18-/m1/s1. The summed E-state index contributed by atoms with van der Waals surface area (Å²) in [5, 5.41) is 66.3. The van der Waals surface area contributed by atoms with Gasteiger partial charge in [0, 0.05) is 31.8 Å². The molecule has 2 aliphatic rings. The fourth-order valence-corrected chi connectivity index (χ4v) is 3.96. The van der Waals surface area contributed by atoms with Gasteiger partial charge in [-0.25, -0.2) is 4.79 Å². The molecule has 10 N–H and O–H groups in total. The molecule has 35 heavy (non-hydrogen) atoms. The van der Waals surface area contributed by atoms with Gasteiger partial charge in [-0.1, -0.05) is 0 Å². The Bertz CT molecular complexity index is 1020. The Labute approximate surface area is 197 Å². The van der Waals surface area contributed by atoms with E-state index in [1.165, 1.54) is 0 Å². The van der Waals surface area contributed by atoms with Gasteiger partial charge in [0.1, 0.15) is 30.5 Å². The molecule has 196 valence electrons. The van der Waals surface area contributed by atoms with Gasteiger partial charge in [-0.2, -0.15) is 0 Å². The second kappa shape index (κ2) is 11.4. The van der Waals surface area contributed by atoms with Gasteiger partial charge in [-0.3, -0.25) is 29.3 Å². The molecule has 0 spiro atoms. The van der Waals surface area contributed by atoms with Gasteiger partial charge in [0.15, 0.2) is 6.23 Å². The van der Waals surface area contributed by atoms with E-state index in [9.17, 15) is 44.7 Å². The molecule has 3 heterocycles. The highest BCUT2D eigenvalue weighted by atomic mass is 16.6. The number of aliphatic hydroxyl groups is 6. The smallest absolute Gasteiger partial charge is 0.330 e. The first-order valence-electron chi connectivity index (χ1n) is 10.8. The maximum atomic E-state index is 12.3. The highest BCUT2D eigenvalue weighted by Gasteiger charge is 2.47. The average molecular weight is 503 g/mol. The monoisotopic (exact) mass is 503 g/mol. The molecule has 0 aliphatic carbocycles. The van der Waals surface area contributed by atoms with Gasteiger partial charge in [-0.05, 0) is 0 Å². The number of hydrogen-bond acceptors (Lipinski definition) is 12. The summed E-state index contributed by atoms with van der Waals surface area (Å²) in [6.07, 6.45) is -8.81. The molecule has 3 rings (SSSR count). The minimum absolute atomic E-state index is 0.148. The normalized spacial score (nSPS) is 33.4. The van der Waals surface area contributed by atoms with E-state index in [4.69, 9.17) is 9.84 Å². The van der Waals surface area contributed by atoms with Crippen molar-refractivity contribution < 1.29 is 45.0 Å². The molecule has 1 aromatic heterocycles. The van der Waals surface area contributed by atoms with Crippen LogP contribution in [0.25, 0.3) is 0 Å². The lowest BCUT2D eigenvalue weighted by atomic mass is 10.0. The van der Waals surface area contributed by atoms with Crippen LogP contribution in [0.1, 0.15) is 12.6 Å². The molecule has 2 fully saturated rings. The highest BCUT2D eigenvalue weighted by Crippen LogP contribution is 2.27. The van der Waals surface area contributed by atoms with Crippen molar-refractivity contribution in [3.8, 4) is 0 Å². The fraction of sp³-hybridized carbons (Fsp3) is 0.684. The Hall–Kier alpha value is -2.70. The number of amides is 2. The minimum atomic E-state index is -1.54. The lowest BCUT2D eigenvalue weighted by Gasteiger charge is -2.19. The van der Waals surface area contributed by atoms with Crippen molar-refractivity contribution >= 4 is 11.8 Å². The number of aromatic nitrogens is 2. The lowest BCUT2D eigenvalue weighted by Crippen LogP contribution is -2.49. The van der Waals surface area contributed by atoms with Crippen molar-refractivity contribution in [2.24, 2.45) is 0 Å². The zero-order valence-corrected chi connectivity index (χ0v) is 18.4. The zero-order valence-electron chi connectivity index (χ0n) is 18.4. The van der Waals surface area contributed by atoms with Gasteiger partial charge in [0.2, 0.25) is 11.8 Å². The molecule has 16 nitrogen and oxygen atoms in total. The second-order valence-electron chi connectivity index (χ2n) is 8.31. The molecule has 1 aromatic rings. The number of nitrogens with zero attached hydrogens (tertiary/aromatic N) is 1. The maximum Gasteiger partial charge on any atom is 0.330 e. The van der Waals surface area contributed by atoms with E-state index >= 15 is 0 Å². The topological polar surface area (TPSA) is 256 Å². The van der Waals surface area contributed by atoms with Gasteiger partial charge < -0.3 is 46.0 Å². The van der Waals surface area contributed by atoms with E-state index in [0.29, 0.717) is 0 Å². The van der Waals surface area contributed by atoms with Gasteiger partial charge in [0.05, 0.1) is 24.9 Å². The molecule has 9 atom stereocenters. The largest absolute Gasteiger partial charge is 0.394 e. The summed E-state index contributed by atoms with van der Waals surface area (Å²) in [4.78, 5) is 49.5. The summed E-state index contributed by atoms with van der Waals surface area (Å²) in [7, 11) is 0. The van der Waals surface area contributed by atoms with E-state index in [0.717, 1.165) is 16.8 Å². The summed E-state index contributed by atoms with van der Waals surface area (Å²) in [5.74, 6) is -1.28. The molecular weight excluding hydrogens is 474 g/mol. The van der Waals surface area contributed by atoms with E-state index in [1.807, 2.05) is 4.98 Å². The molecule has 0 radical (unpaired) electrons. The van der Waals surface area contributed by atoms with Crippen LogP contribution in [0.4, 0.5) is 0 Å². The number of nitrogens with one attached hydrogen (secondary N) is 4. The summed E-state index contributed by atoms with van der Waals surface area (Å²) in [6.45, 7) is -1.06. The van der Waals surface area contributed by atoms with Crippen LogP contribution in [0.15, 0.2) is 21.9 Å². The van der Waals surface area contributed by atoms with E-state index in [1.54, 1.807) is 0 Å². The third-order valence-corrected chi connectivity index (χ3v) is 5.93. The third kappa shape index (κ3) is 5.93. The molecule has 0 bridgehead atoms.